The molecule has 4 N–H and O–H groups in total. The summed E-state index contributed by atoms with van der Waals surface area (Å²) in [6.45, 7) is 0. The highest BCUT2D eigenvalue weighted by molar-refractivity contribution is 8.01. The monoisotopic (exact) mass is 548 g/mol. The van der Waals surface area contributed by atoms with Crippen LogP contribution in [0.25, 0.3) is 5.65 Å². The number of carboxylic acid groups (broad SMARTS) is 1. The molecule has 3 aromatic heterocycles. The van der Waals surface area contributed by atoms with Crippen LogP contribution in [0.1, 0.15) is 12.1 Å². The number of thiazole rings is 1. The standard InChI is InChI=1S/C18H16N10O5S3/c1-33-20-5-11(29)22-18(9-7-35-17(19)21-9)8(15(16(31)32)27-13(30)4-14(27)36-18)6-34-12-3-2-10-23-25-26-28(10)24-12/h2-3,5,7,14H,4,6H2,1H3,(H2,19,21)(H,22,29)(H,31,32)/t14-,18?/m0/s1. The zero-order valence-corrected chi connectivity index (χ0v) is 20.7. The summed E-state index contributed by atoms with van der Waals surface area (Å²) < 4.78 is 1.23. The molecule has 0 saturated carbocycles. The van der Waals surface area contributed by atoms with Gasteiger partial charge in [-0.3, -0.25) is 14.5 Å². The third kappa shape index (κ3) is 4.11. The quantitative estimate of drug-likeness (QED) is 0.146. The van der Waals surface area contributed by atoms with Gasteiger partial charge in [-0.05, 0) is 22.6 Å². The Morgan fingerprint density at radius 3 is 3.00 bits per heavy atom. The Labute approximate surface area is 214 Å². The number of oxime groups is 1. The average molecular weight is 549 g/mol. The highest BCUT2D eigenvalue weighted by Gasteiger charge is 2.56. The lowest BCUT2D eigenvalue weighted by atomic mass is 9.98. The Balaban J connectivity index is 1.63. The van der Waals surface area contributed by atoms with E-state index in [9.17, 15) is 19.5 Å². The molecule has 0 aromatic carbocycles. The van der Waals surface area contributed by atoms with Crippen molar-refractivity contribution < 1.29 is 24.3 Å². The zero-order chi connectivity index (χ0) is 25.4. The second kappa shape index (κ2) is 9.36. The van der Waals surface area contributed by atoms with E-state index in [-0.39, 0.29) is 34.5 Å². The van der Waals surface area contributed by atoms with Crippen LogP contribution < -0.4 is 11.1 Å². The fourth-order valence-corrected chi connectivity index (χ4v) is 7.12. The highest BCUT2D eigenvalue weighted by Crippen LogP contribution is 2.55. The Hall–Kier alpha value is -3.77. The van der Waals surface area contributed by atoms with Crippen LogP contribution in [0.3, 0.4) is 0 Å². The summed E-state index contributed by atoms with van der Waals surface area (Å²) in [5, 5.41) is 33.8. The Kier molecular flexibility index (Phi) is 6.22. The van der Waals surface area contributed by atoms with Crippen molar-refractivity contribution in [1.82, 2.24) is 40.5 Å². The van der Waals surface area contributed by atoms with Crippen LogP contribution in [-0.2, 0) is 24.1 Å². The first-order valence-corrected chi connectivity index (χ1v) is 12.8. The van der Waals surface area contributed by atoms with Crippen LogP contribution in [-0.4, -0.2) is 82.5 Å². The van der Waals surface area contributed by atoms with Gasteiger partial charge in [0.25, 0.3) is 5.91 Å². The molecule has 15 nitrogen and oxygen atoms in total. The van der Waals surface area contributed by atoms with Crippen molar-refractivity contribution in [3.05, 3.63) is 34.5 Å². The number of thioether (sulfide) groups is 2. The number of aromatic nitrogens is 6. The smallest absolute Gasteiger partial charge is 0.352 e. The zero-order valence-electron chi connectivity index (χ0n) is 18.3. The Morgan fingerprint density at radius 2 is 2.31 bits per heavy atom. The topological polar surface area (TPSA) is 203 Å². The van der Waals surface area contributed by atoms with Crippen molar-refractivity contribution in [2.75, 3.05) is 18.6 Å². The normalized spacial score (nSPS) is 21.5. The van der Waals surface area contributed by atoms with E-state index in [1.807, 2.05) is 0 Å². The lowest BCUT2D eigenvalue weighted by Gasteiger charge is -2.51. The van der Waals surface area contributed by atoms with Gasteiger partial charge >= 0.3 is 5.97 Å². The first-order valence-electron chi connectivity index (χ1n) is 10.1. The molecule has 2 aliphatic heterocycles. The van der Waals surface area contributed by atoms with Crippen molar-refractivity contribution >= 4 is 69.6 Å². The van der Waals surface area contributed by atoms with Gasteiger partial charge in [0.1, 0.15) is 24.0 Å². The average Bonchev–Trinajstić information content (AvgIpc) is 3.49. The number of nitrogens with zero attached hydrogens (tertiary/aromatic N) is 8. The van der Waals surface area contributed by atoms with E-state index in [0.717, 1.165) is 17.6 Å². The molecule has 186 valence electrons. The summed E-state index contributed by atoms with van der Waals surface area (Å²) in [5.41, 5.74) is 6.65. The SMILES string of the molecule is CON=CC(=O)NC1(c2csc(N)n2)S[C@H]2CC(=O)N2C(C(=O)O)=C1CSc1ccc2nnnn2n1. The van der Waals surface area contributed by atoms with Gasteiger partial charge in [0, 0.05) is 16.7 Å². The van der Waals surface area contributed by atoms with E-state index in [1.165, 1.54) is 40.2 Å². The van der Waals surface area contributed by atoms with Crippen molar-refractivity contribution in [2.24, 2.45) is 5.16 Å². The van der Waals surface area contributed by atoms with E-state index < -0.39 is 22.1 Å². The van der Waals surface area contributed by atoms with Crippen LogP contribution in [0.5, 0.6) is 0 Å². The fourth-order valence-electron chi connectivity index (χ4n) is 3.74. The molecule has 18 heteroatoms. The molecule has 5 rings (SSSR count). The molecule has 0 bridgehead atoms. The molecular weight excluding hydrogens is 532 g/mol. The number of amides is 2. The number of fused-ring (bicyclic) bond motifs is 2. The van der Waals surface area contributed by atoms with Gasteiger partial charge in [-0.15, -0.1) is 26.2 Å². The van der Waals surface area contributed by atoms with Gasteiger partial charge < -0.3 is 21.0 Å². The number of hydrogen-bond acceptors (Lipinski definition) is 14. The summed E-state index contributed by atoms with van der Waals surface area (Å²) in [6.07, 6.45) is 1.03. The second-order valence-electron chi connectivity index (χ2n) is 7.32. The minimum Gasteiger partial charge on any atom is -0.477 e. The van der Waals surface area contributed by atoms with Crippen LogP contribution in [0, 0.1) is 0 Å². The van der Waals surface area contributed by atoms with Crippen LogP contribution in [0.4, 0.5) is 5.13 Å². The predicted octanol–water partition coefficient (Wildman–Crippen LogP) is -0.105. The first kappa shape index (κ1) is 23.9. The van der Waals surface area contributed by atoms with Crippen molar-refractivity contribution in [3.8, 4) is 0 Å². The van der Waals surface area contributed by atoms with Gasteiger partial charge in [0.05, 0.1) is 17.5 Å². The lowest BCUT2D eigenvalue weighted by Crippen LogP contribution is -2.61. The highest BCUT2D eigenvalue weighted by atomic mass is 32.2. The van der Waals surface area contributed by atoms with Gasteiger partial charge in [-0.25, -0.2) is 9.78 Å². The molecule has 2 atom stereocenters. The third-order valence-electron chi connectivity index (χ3n) is 5.24. The molecule has 0 spiro atoms. The molecule has 1 saturated heterocycles. The summed E-state index contributed by atoms with van der Waals surface area (Å²) in [6, 6.07) is 3.33. The number of carbonyl (C=O) groups is 3. The van der Waals surface area contributed by atoms with Gasteiger partial charge in [0.15, 0.2) is 15.6 Å². The first-order chi connectivity index (χ1) is 17.3. The number of anilines is 1. The number of β-lactam (4-membered cyclic amide) rings is 1. The molecular formula is C18H16N10O5S3. The number of tetrazole rings is 1. The number of nitrogen functional groups attached to an aromatic ring is 1. The maximum Gasteiger partial charge on any atom is 0.352 e. The van der Waals surface area contributed by atoms with E-state index in [0.29, 0.717) is 16.4 Å². The van der Waals surface area contributed by atoms with Crippen molar-refractivity contribution in [2.45, 2.75) is 21.7 Å². The van der Waals surface area contributed by atoms with E-state index in [1.54, 1.807) is 17.5 Å². The molecule has 3 aromatic rings. The third-order valence-corrected chi connectivity index (χ3v) is 8.42. The van der Waals surface area contributed by atoms with E-state index in [4.69, 9.17) is 5.73 Å². The Morgan fingerprint density at radius 1 is 1.47 bits per heavy atom. The van der Waals surface area contributed by atoms with Gasteiger partial charge in [-0.1, -0.05) is 28.7 Å². The Bertz CT molecular complexity index is 1440. The van der Waals surface area contributed by atoms with Gasteiger partial charge in [-0.2, -0.15) is 0 Å². The molecule has 1 fully saturated rings. The minimum atomic E-state index is -1.47. The maximum atomic E-state index is 12.8. The summed E-state index contributed by atoms with van der Waals surface area (Å²) in [4.78, 5) is 46.5. The number of carbonyl (C=O) groups excluding carboxylic acids is 2. The minimum absolute atomic E-state index is 0.0187. The number of aliphatic carboxylic acids is 1. The van der Waals surface area contributed by atoms with Crippen LogP contribution in [0.2, 0.25) is 0 Å². The summed E-state index contributed by atoms with van der Waals surface area (Å²) in [7, 11) is 1.28. The predicted molar refractivity (Wildman–Crippen MR) is 129 cm³/mol. The number of nitrogens with two attached hydrogens (primary N) is 1. The molecule has 36 heavy (non-hydrogen) atoms. The fraction of sp³-hybridized carbons (Fsp3) is 0.278. The van der Waals surface area contributed by atoms with Crippen molar-refractivity contribution in [3.63, 3.8) is 0 Å². The molecule has 1 unspecified atom stereocenters. The lowest BCUT2D eigenvalue weighted by molar-refractivity contribution is -0.146. The van der Waals surface area contributed by atoms with Crippen LogP contribution in [0.15, 0.2) is 39.0 Å². The van der Waals surface area contributed by atoms with E-state index in [2.05, 4.69) is 40.9 Å². The molecule has 5 heterocycles. The second-order valence-corrected chi connectivity index (χ2v) is 10.6. The van der Waals surface area contributed by atoms with Crippen molar-refractivity contribution in [1.29, 1.82) is 0 Å². The number of nitrogens with one attached hydrogen (secondary N) is 1. The summed E-state index contributed by atoms with van der Waals surface area (Å²) in [5.74, 6) is -2.29. The summed E-state index contributed by atoms with van der Waals surface area (Å²) >= 11 is 3.51. The largest absolute Gasteiger partial charge is 0.477 e. The number of carboxylic acids is 1. The maximum absolute atomic E-state index is 12.8. The van der Waals surface area contributed by atoms with E-state index >= 15 is 0 Å². The number of rotatable bonds is 8. The van der Waals surface area contributed by atoms with Gasteiger partial charge in [0.2, 0.25) is 5.91 Å². The number of hydrogen-bond donors (Lipinski definition) is 3. The molecule has 2 amide bonds. The molecule has 0 radical (unpaired) electrons. The van der Waals surface area contributed by atoms with Crippen LogP contribution >= 0.6 is 34.9 Å². The molecule has 2 aliphatic rings. The molecule has 0 aliphatic carbocycles.